The highest BCUT2D eigenvalue weighted by molar-refractivity contribution is 8.18. The van der Waals surface area contributed by atoms with Crippen LogP contribution >= 0.6 is 23.4 Å². The first kappa shape index (κ1) is 18.5. The molecule has 0 spiro atoms. The number of halogens is 1. The number of rotatable bonds is 5. The van der Waals surface area contributed by atoms with E-state index >= 15 is 0 Å². The van der Waals surface area contributed by atoms with Gasteiger partial charge in [0.15, 0.2) is 5.17 Å². The standard InChI is InChI=1S/C20H19ClN2O2S/c1-13(2)12-25-17-9-3-14(4-10-17)11-18-19(24)23-20(26-18)22-16-7-5-15(21)6-8-16/h3-11,13H,12H2,1-2H3,(H,22,23,24)/b18-11-. The summed E-state index contributed by atoms with van der Waals surface area (Å²) in [5.41, 5.74) is 1.68. The van der Waals surface area contributed by atoms with Gasteiger partial charge in [0.1, 0.15) is 5.75 Å². The van der Waals surface area contributed by atoms with Crippen molar-refractivity contribution in [2.75, 3.05) is 6.61 Å². The Bertz CT molecular complexity index is 843. The van der Waals surface area contributed by atoms with Crippen molar-refractivity contribution in [3.63, 3.8) is 0 Å². The van der Waals surface area contributed by atoms with Crippen molar-refractivity contribution < 1.29 is 9.53 Å². The van der Waals surface area contributed by atoms with E-state index in [2.05, 4.69) is 24.2 Å². The molecule has 6 heteroatoms. The lowest BCUT2D eigenvalue weighted by atomic mass is 10.2. The molecule has 1 aliphatic rings. The molecule has 1 N–H and O–H groups in total. The topological polar surface area (TPSA) is 50.7 Å². The lowest BCUT2D eigenvalue weighted by Crippen LogP contribution is -2.19. The van der Waals surface area contributed by atoms with E-state index < -0.39 is 0 Å². The zero-order chi connectivity index (χ0) is 18.5. The lowest BCUT2D eigenvalue weighted by Gasteiger charge is -2.08. The molecule has 2 aromatic carbocycles. The number of thioether (sulfide) groups is 1. The van der Waals surface area contributed by atoms with Crippen molar-refractivity contribution in [2.45, 2.75) is 13.8 Å². The zero-order valence-electron chi connectivity index (χ0n) is 14.5. The van der Waals surface area contributed by atoms with Crippen molar-refractivity contribution in [1.29, 1.82) is 0 Å². The van der Waals surface area contributed by atoms with E-state index in [4.69, 9.17) is 16.3 Å². The van der Waals surface area contributed by atoms with Gasteiger partial charge in [-0.15, -0.1) is 0 Å². The Morgan fingerprint density at radius 2 is 1.85 bits per heavy atom. The van der Waals surface area contributed by atoms with Crippen LogP contribution in [-0.4, -0.2) is 17.7 Å². The highest BCUT2D eigenvalue weighted by Gasteiger charge is 2.23. The summed E-state index contributed by atoms with van der Waals surface area (Å²) >= 11 is 7.19. The van der Waals surface area contributed by atoms with Crippen LogP contribution in [0.25, 0.3) is 6.08 Å². The first-order valence-electron chi connectivity index (χ1n) is 8.27. The van der Waals surface area contributed by atoms with Crippen LogP contribution in [0.4, 0.5) is 5.69 Å². The maximum atomic E-state index is 12.2. The Labute approximate surface area is 162 Å². The van der Waals surface area contributed by atoms with Gasteiger partial charge in [0, 0.05) is 5.02 Å². The van der Waals surface area contributed by atoms with Crippen LogP contribution in [0, 0.1) is 5.92 Å². The van der Waals surface area contributed by atoms with Crippen molar-refractivity contribution in [3.8, 4) is 5.75 Å². The third kappa shape index (κ3) is 5.13. The fourth-order valence-corrected chi connectivity index (χ4v) is 3.16. The molecule has 0 aromatic heterocycles. The number of ether oxygens (including phenoxy) is 1. The molecule has 0 atom stereocenters. The van der Waals surface area contributed by atoms with Gasteiger partial charge in [-0.05, 0) is 65.7 Å². The fraction of sp³-hybridized carbons (Fsp3) is 0.200. The minimum absolute atomic E-state index is 0.150. The van der Waals surface area contributed by atoms with E-state index in [0.29, 0.717) is 27.6 Å². The molecule has 1 fully saturated rings. The molecule has 4 nitrogen and oxygen atoms in total. The third-order valence-electron chi connectivity index (χ3n) is 3.47. The first-order chi connectivity index (χ1) is 12.5. The van der Waals surface area contributed by atoms with E-state index in [-0.39, 0.29) is 5.91 Å². The Kier molecular flexibility index (Phi) is 6.01. The maximum absolute atomic E-state index is 12.2. The second-order valence-corrected chi connectivity index (χ2v) is 7.70. The molecular formula is C20H19ClN2O2S. The predicted molar refractivity (Wildman–Crippen MR) is 109 cm³/mol. The molecule has 0 radical (unpaired) electrons. The van der Waals surface area contributed by atoms with Crippen LogP contribution in [0.5, 0.6) is 5.75 Å². The summed E-state index contributed by atoms with van der Waals surface area (Å²) < 4.78 is 5.67. The maximum Gasteiger partial charge on any atom is 0.264 e. The van der Waals surface area contributed by atoms with Gasteiger partial charge >= 0.3 is 0 Å². The van der Waals surface area contributed by atoms with Crippen LogP contribution in [0.1, 0.15) is 19.4 Å². The minimum atomic E-state index is -0.150. The monoisotopic (exact) mass is 386 g/mol. The molecule has 1 heterocycles. The number of carbonyl (C=O) groups excluding carboxylic acids is 1. The number of nitrogens with zero attached hydrogens (tertiary/aromatic N) is 1. The van der Waals surface area contributed by atoms with Crippen LogP contribution in [0.15, 0.2) is 58.4 Å². The number of hydrogen-bond donors (Lipinski definition) is 1. The van der Waals surface area contributed by atoms with E-state index in [1.54, 1.807) is 24.3 Å². The Balaban J connectivity index is 1.69. The Morgan fingerprint density at radius 1 is 1.15 bits per heavy atom. The molecule has 1 aliphatic heterocycles. The predicted octanol–water partition coefficient (Wildman–Crippen LogP) is 5.27. The molecule has 0 saturated carbocycles. The minimum Gasteiger partial charge on any atom is -0.493 e. The van der Waals surface area contributed by atoms with Crippen LogP contribution in [0.3, 0.4) is 0 Å². The molecule has 1 amide bonds. The van der Waals surface area contributed by atoms with Gasteiger partial charge in [0.25, 0.3) is 5.91 Å². The number of carbonyl (C=O) groups is 1. The Morgan fingerprint density at radius 3 is 2.50 bits per heavy atom. The smallest absolute Gasteiger partial charge is 0.264 e. The van der Waals surface area contributed by atoms with E-state index in [9.17, 15) is 4.79 Å². The molecule has 134 valence electrons. The molecule has 26 heavy (non-hydrogen) atoms. The summed E-state index contributed by atoms with van der Waals surface area (Å²) in [6, 6.07) is 14.8. The summed E-state index contributed by atoms with van der Waals surface area (Å²) in [6.07, 6.45) is 1.84. The molecule has 0 bridgehead atoms. The number of benzene rings is 2. The second kappa shape index (κ2) is 8.43. The van der Waals surface area contributed by atoms with Gasteiger partial charge in [-0.3, -0.25) is 4.79 Å². The van der Waals surface area contributed by atoms with Gasteiger partial charge in [-0.2, -0.15) is 0 Å². The Hall–Kier alpha value is -2.24. The van der Waals surface area contributed by atoms with Gasteiger partial charge < -0.3 is 10.1 Å². The molecule has 1 saturated heterocycles. The lowest BCUT2D eigenvalue weighted by molar-refractivity contribution is -0.115. The summed E-state index contributed by atoms with van der Waals surface area (Å²) in [4.78, 5) is 17.2. The van der Waals surface area contributed by atoms with Crippen LogP contribution in [0.2, 0.25) is 5.02 Å². The highest BCUT2D eigenvalue weighted by atomic mass is 35.5. The van der Waals surface area contributed by atoms with Gasteiger partial charge in [-0.25, -0.2) is 4.99 Å². The van der Waals surface area contributed by atoms with Crippen molar-refractivity contribution >= 4 is 46.2 Å². The SMILES string of the molecule is CC(C)COc1ccc(/C=C2\SC(=Nc3ccc(Cl)cc3)NC2=O)cc1. The molecule has 0 aliphatic carbocycles. The highest BCUT2D eigenvalue weighted by Crippen LogP contribution is 2.28. The molecule has 2 aromatic rings. The molecule has 3 rings (SSSR count). The number of amides is 1. The summed E-state index contributed by atoms with van der Waals surface area (Å²) in [5.74, 6) is 1.16. The first-order valence-corrected chi connectivity index (χ1v) is 9.47. The molecule has 0 unspecified atom stereocenters. The van der Waals surface area contributed by atoms with Crippen molar-refractivity contribution in [1.82, 2.24) is 5.32 Å². The average molecular weight is 387 g/mol. The number of hydrogen-bond acceptors (Lipinski definition) is 4. The van der Waals surface area contributed by atoms with Gasteiger partial charge in [0.05, 0.1) is 17.2 Å². The van der Waals surface area contributed by atoms with Crippen LogP contribution in [-0.2, 0) is 4.79 Å². The summed E-state index contributed by atoms with van der Waals surface area (Å²) in [6.45, 7) is 4.90. The number of nitrogens with one attached hydrogen (secondary N) is 1. The zero-order valence-corrected chi connectivity index (χ0v) is 16.1. The van der Waals surface area contributed by atoms with E-state index in [0.717, 1.165) is 17.0 Å². The fourth-order valence-electron chi connectivity index (χ4n) is 2.19. The number of amidine groups is 1. The largest absolute Gasteiger partial charge is 0.493 e. The second-order valence-electron chi connectivity index (χ2n) is 6.23. The molecular weight excluding hydrogens is 368 g/mol. The van der Waals surface area contributed by atoms with Crippen molar-refractivity contribution in [3.05, 3.63) is 64.0 Å². The number of aliphatic imine (C=N–C) groups is 1. The summed E-state index contributed by atoms with van der Waals surface area (Å²) in [5, 5.41) is 3.99. The normalized spacial score (nSPS) is 17.2. The quantitative estimate of drug-likeness (QED) is 0.712. The van der Waals surface area contributed by atoms with E-state index in [1.165, 1.54) is 11.8 Å². The van der Waals surface area contributed by atoms with Gasteiger partial charge in [-0.1, -0.05) is 37.6 Å². The van der Waals surface area contributed by atoms with Crippen LogP contribution < -0.4 is 10.1 Å². The third-order valence-corrected chi connectivity index (χ3v) is 4.63. The average Bonchev–Trinajstić information content (AvgIpc) is 2.95. The van der Waals surface area contributed by atoms with Crippen molar-refractivity contribution in [2.24, 2.45) is 10.9 Å². The van der Waals surface area contributed by atoms with E-state index in [1.807, 2.05) is 30.3 Å². The van der Waals surface area contributed by atoms with Gasteiger partial charge in [0.2, 0.25) is 0 Å². The summed E-state index contributed by atoms with van der Waals surface area (Å²) in [7, 11) is 0.